The first-order valence-electron chi connectivity index (χ1n) is 2.44. The predicted molar refractivity (Wildman–Crippen MR) is 53.1 cm³/mol. The minimum absolute atomic E-state index is 0. The molecule has 14 heteroatoms. The summed E-state index contributed by atoms with van der Waals surface area (Å²) in [6.07, 6.45) is -5.07. The molecule has 0 aromatic carbocycles. The Morgan fingerprint density at radius 1 is 0.706 bits per heavy atom. The van der Waals surface area contributed by atoms with Crippen LogP contribution in [0.25, 0.3) is 0 Å². The zero-order valence-corrected chi connectivity index (χ0v) is 8.75. The van der Waals surface area contributed by atoms with Gasteiger partial charge >= 0.3 is 41.5 Å². The Hall–Kier alpha value is -1.01. The summed E-state index contributed by atoms with van der Waals surface area (Å²) in [6, 6.07) is 0. The van der Waals surface area contributed by atoms with E-state index in [0.29, 0.717) is 0 Å². The van der Waals surface area contributed by atoms with E-state index >= 15 is 0 Å². The van der Waals surface area contributed by atoms with E-state index in [0.717, 1.165) is 0 Å². The number of hydrogen-bond acceptors (Lipinski definition) is 9. The molecule has 0 saturated carbocycles. The normalized spacial score (nSPS) is 5.82. The van der Waals surface area contributed by atoms with E-state index in [4.69, 9.17) is 45.5 Å². The summed E-state index contributed by atoms with van der Waals surface area (Å²) >= 11 is 0. The minimum atomic E-state index is -1.69. The third kappa shape index (κ3) is 102. The van der Waals surface area contributed by atoms with Gasteiger partial charge in [0.05, 0.1) is 0 Å². The topological polar surface area (TPSA) is 200 Å². The molecule has 0 heterocycles. The summed E-state index contributed by atoms with van der Waals surface area (Å²) in [5, 5.41) is 42.9. The van der Waals surface area contributed by atoms with Crippen LogP contribution in [0, 0.1) is 0 Å². The smallest absolute Gasteiger partial charge is 1.00 e. The van der Waals surface area contributed by atoms with Crippen LogP contribution < -0.4 is 0 Å². The first kappa shape index (κ1) is 29.7. The van der Waals surface area contributed by atoms with E-state index < -0.39 is 18.5 Å². The molecule has 0 aromatic heterocycles. The molecule has 0 spiro atoms. The Morgan fingerprint density at radius 2 is 0.765 bits per heavy atom. The molecule has 17 heavy (non-hydrogen) atoms. The van der Waals surface area contributed by atoms with Crippen molar-refractivity contribution in [2.45, 2.75) is 0 Å². The Bertz CT molecular complexity index is 170. The predicted octanol–water partition coefficient (Wildman–Crippen LogP) is -0.878. The Kier molecular flexibility index (Phi) is 42.5. The van der Waals surface area contributed by atoms with Crippen molar-refractivity contribution in [2.24, 2.45) is 0 Å². The summed E-state index contributed by atoms with van der Waals surface area (Å²) in [5.41, 5.74) is 0. The Labute approximate surface area is 122 Å². The standard InChI is InChI=1S/3CH2O4.Al.Mg.5H/c3*2-1(3)5-4;;;;;;;/h3*4H,(H,2,3);;;;;;;/q;;;;+2;;;;2*-1. The molecule has 0 fully saturated rings. The van der Waals surface area contributed by atoms with Gasteiger partial charge in [0.15, 0.2) is 17.4 Å². The molecule has 0 aliphatic carbocycles. The number of rotatable bonds is 0. The van der Waals surface area contributed by atoms with Crippen molar-refractivity contribution in [3.05, 3.63) is 0 Å². The molecule has 0 aliphatic rings. The largest absolute Gasteiger partial charge is 2.00 e. The van der Waals surface area contributed by atoms with Crippen LogP contribution in [0.2, 0.25) is 0 Å². The van der Waals surface area contributed by atoms with E-state index in [1.807, 2.05) is 0 Å². The molecule has 12 nitrogen and oxygen atoms in total. The van der Waals surface area contributed by atoms with Crippen molar-refractivity contribution in [1.29, 1.82) is 0 Å². The second-order valence-electron chi connectivity index (χ2n) is 1.07. The summed E-state index contributed by atoms with van der Waals surface area (Å²) in [7, 11) is 0. The summed E-state index contributed by atoms with van der Waals surface area (Å²) in [5.74, 6) is 0. The van der Waals surface area contributed by atoms with E-state index in [2.05, 4.69) is 14.7 Å². The second kappa shape index (κ2) is 24.3. The van der Waals surface area contributed by atoms with Crippen molar-refractivity contribution in [3.8, 4) is 0 Å². The molecule has 0 aliphatic heterocycles. The van der Waals surface area contributed by atoms with Gasteiger partial charge in [0, 0.05) is 0 Å². The van der Waals surface area contributed by atoms with Gasteiger partial charge in [0.25, 0.3) is 0 Å². The van der Waals surface area contributed by atoms with Crippen LogP contribution in [-0.2, 0) is 14.7 Å². The van der Waals surface area contributed by atoms with Crippen molar-refractivity contribution < 1.29 is 63.0 Å². The first-order valence-corrected chi connectivity index (χ1v) is 2.44. The maximum absolute atomic E-state index is 8.90. The van der Waals surface area contributed by atoms with E-state index in [1.165, 1.54) is 0 Å². The van der Waals surface area contributed by atoms with Crippen LogP contribution in [0.15, 0.2) is 0 Å². The van der Waals surface area contributed by atoms with Gasteiger partial charge in [-0.25, -0.2) is 14.4 Å². The van der Waals surface area contributed by atoms with Gasteiger partial charge in [-0.15, -0.1) is 0 Å². The summed E-state index contributed by atoms with van der Waals surface area (Å²) in [6.45, 7) is 0. The van der Waals surface area contributed by atoms with Gasteiger partial charge in [0.2, 0.25) is 0 Å². The van der Waals surface area contributed by atoms with E-state index in [-0.39, 0.29) is 43.3 Å². The molecule has 0 rings (SSSR count). The number of hydrogen-bond donors (Lipinski definition) is 6. The Balaban J connectivity index is -0.0000000206. The van der Waals surface area contributed by atoms with Crippen LogP contribution in [0.5, 0.6) is 0 Å². The number of carbonyl (C=O) groups is 3. The quantitative estimate of drug-likeness (QED) is 0.139. The SMILES string of the molecule is O=C(O)OO.O=C(O)OO.O=C(O)OO.[AlH3].[H-].[H-].[Mg+2]. The first-order chi connectivity index (χ1) is 6.81. The maximum Gasteiger partial charge on any atom is 2.00 e. The third-order valence-corrected chi connectivity index (χ3v) is 0.234. The fraction of sp³-hybridized carbons (Fsp3) is 0. The van der Waals surface area contributed by atoms with Crippen LogP contribution in [-0.4, -0.2) is 90.0 Å². The van der Waals surface area contributed by atoms with Crippen molar-refractivity contribution >= 4 is 58.9 Å². The molecule has 0 unspecified atom stereocenters. The van der Waals surface area contributed by atoms with Gasteiger partial charge in [0.1, 0.15) is 0 Å². The van der Waals surface area contributed by atoms with Crippen LogP contribution in [0.1, 0.15) is 2.85 Å². The van der Waals surface area contributed by atoms with Crippen LogP contribution in [0.4, 0.5) is 14.4 Å². The molecular formula is C3H11AlMgO12. The Morgan fingerprint density at radius 3 is 0.765 bits per heavy atom. The molecule has 6 N–H and O–H groups in total. The molecule has 100 valence electrons. The van der Waals surface area contributed by atoms with Gasteiger partial charge in [-0.1, -0.05) is 0 Å². The minimum Gasteiger partial charge on any atom is -1.00 e. The molecule has 0 aromatic rings. The molecule has 0 atom stereocenters. The maximum atomic E-state index is 8.90. The van der Waals surface area contributed by atoms with E-state index in [9.17, 15) is 0 Å². The van der Waals surface area contributed by atoms with Gasteiger partial charge < -0.3 is 18.2 Å². The van der Waals surface area contributed by atoms with E-state index in [1.54, 1.807) is 0 Å². The van der Waals surface area contributed by atoms with Crippen LogP contribution in [0.3, 0.4) is 0 Å². The molecule has 0 radical (unpaired) electrons. The van der Waals surface area contributed by atoms with Crippen LogP contribution >= 0.6 is 0 Å². The van der Waals surface area contributed by atoms with Crippen molar-refractivity contribution in [1.82, 2.24) is 0 Å². The zero-order valence-electron chi connectivity index (χ0n) is 9.34. The fourth-order valence-corrected chi connectivity index (χ4v) is 0. The van der Waals surface area contributed by atoms with Gasteiger partial charge in [-0.3, -0.25) is 14.7 Å². The molecule has 0 saturated heterocycles. The third-order valence-electron chi connectivity index (χ3n) is 0.234. The van der Waals surface area contributed by atoms with Crippen molar-refractivity contribution in [2.75, 3.05) is 0 Å². The average Bonchev–Trinajstić information content (AvgIpc) is 2.19. The molecule has 0 bridgehead atoms. The monoisotopic (exact) mass is 290 g/mol. The number of carboxylic acid groups (broad SMARTS) is 3. The van der Waals surface area contributed by atoms with Gasteiger partial charge in [-0.05, 0) is 0 Å². The van der Waals surface area contributed by atoms with Gasteiger partial charge in [-0.2, -0.15) is 15.8 Å². The molecule has 0 amide bonds. The molecular weight excluding hydrogens is 279 g/mol. The zero-order chi connectivity index (χ0) is 12.9. The van der Waals surface area contributed by atoms with Crippen molar-refractivity contribution in [3.63, 3.8) is 0 Å². The average molecular weight is 290 g/mol. The second-order valence-corrected chi connectivity index (χ2v) is 1.07. The summed E-state index contributed by atoms with van der Waals surface area (Å²) in [4.78, 5) is 34.7. The fourth-order valence-electron chi connectivity index (χ4n) is 0. The summed E-state index contributed by atoms with van der Waals surface area (Å²) < 4.78 is 0.